The van der Waals surface area contributed by atoms with E-state index in [-0.39, 0.29) is 0 Å². The van der Waals surface area contributed by atoms with Gasteiger partial charge in [-0.1, -0.05) is 23.7 Å². The fourth-order valence-electron chi connectivity index (χ4n) is 1.24. The molecule has 2 aromatic rings. The Bertz CT molecular complexity index is 453. The van der Waals surface area contributed by atoms with Gasteiger partial charge in [0.05, 0.1) is 5.02 Å². The van der Waals surface area contributed by atoms with E-state index in [9.17, 15) is 0 Å². The van der Waals surface area contributed by atoms with Crippen LogP contribution in [-0.4, -0.2) is 4.98 Å². The van der Waals surface area contributed by atoms with Crippen molar-refractivity contribution in [1.29, 1.82) is 0 Å². The van der Waals surface area contributed by atoms with Gasteiger partial charge in [-0.2, -0.15) is 0 Å². The maximum absolute atomic E-state index is 5.72. The lowest BCUT2D eigenvalue weighted by Crippen LogP contribution is -1.95. The number of pyridine rings is 1. The van der Waals surface area contributed by atoms with Crippen LogP contribution in [0.4, 0.5) is 0 Å². The zero-order valence-corrected chi connectivity index (χ0v) is 9.32. The van der Waals surface area contributed by atoms with Crippen LogP contribution in [0.1, 0.15) is 5.56 Å². The van der Waals surface area contributed by atoms with Crippen LogP contribution in [0, 0.1) is 0 Å². The van der Waals surface area contributed by atoms with Gasteiger partial charge in [0, 0.05) is 18.8 Å². The zero-order valence-electron chi connectivity index (χ0n) is 8.56. The number of rotatable bonds is 3. The summed E-state index contributed by atoms with van der Waals surface area (Å²) in [5, 5.41) is 0.589. The van der Waals surface area contributed by atoms with Crippen molar-refractivity contribution >= 4 is 11.6 Å². The van der Waals surface area contributed by atoms with Gasteiger partial charge in [0.15, 0.2) is 0 Å². The van der Waals surface area contributed by atoms with Gasteiger partial charge in [0.1, 0.15) is 5.75 Å². The Morgan fingerprint density at radius 3 is 2.44 bits per heavy atom. The molecule has 0 aliphatic heterocycles. The predicted molar refractivity (Wildman–Crippen MR) is 63.7 cm³/mol. The van der Waals surface area contributed by atoms with Crippen molar-refractivity contribution in [2.45, 2.75) is 6.54 Å². The average molecular weight is 235 g/mol. The highest BCUT2D eigenvalue weighted by Gasteiger charge is 1.98. The second kappa shape index (κ2) is 4.96. The number of nitrogens with zero attached hydrogens (tertiary/aromatic N) is 1. The number of ether oxygens (including phenoxy) is 1. The van der Waals surface area contributed by atoms with Crippen molar-refractivity contribution in [2.75, 3.05) is 0 Å². The number of aromatic nitrogens is 1. The summed E-state index contributed by atoms with van der Waals surface area (Å²) in [5.41, 5.74) is 6.57. The molecular formula is C12H11ClN2O. The van der Waals surface area contributed by atoms with Gasteiger partial charge >= 0.3 is 0 Å². The quantitative estimate of drug-likeness (QED) is 0.888. The molecule has 0 unspecified atom stereocenters. The summed E-state index contributed by atoms with van der Waals surface area (Å²) >= 11 is 5.72. The van der Waals surface area contributed by atoms with Gasteiger partial charge in [-0.05, 0) is 23.8 Å². The van der Waals surface area contributed by atoms with Crippen LogP contribution in [0.2, 0.25) is 5.02 Å². The molecule has 0 radical (unpaired) electrons. The van der Waals surface area contributed by atoms with Gasteiger partial charge in [-0.15, -0.1) is 0 Å². The lowest BCUT2D eigenvalue weighted by Gasteiger charge is -2.04. The third-order valence-electron chi connectivity index (χ3n) is 2.08. The second-order valence-electron chi connectivity index (χ2n) is 3.26. The van der Waals surface area contributed by atoms with E-state index in [4.69, 9.17) is 22.1 Å². The molecule has 3 nitrogen and oxygen atoms in total. The van der Waals surface area contributed by atoms with Gasteiger partial charge < -0.3 is 10.5 Å². The molecule has 1 heterocycles. The first kappa shape index (κ1) is 10.9. The first-order valence-corrected chi connectivity index (χ1v) is 5.24. The van der Waals surface area contributed by atoms with Crippen LogP contribution in [0.15, 0.2) is 42.6 Å². The highest BCUT2D eigenvalue weighted by atomic mass is 35.5. The Morgan fingerprint density at radius 1 is 1.12 bits per heavy atom. The minimum atomic E-state index is 0.518. The molecule has 1 aromatic carbocycles. The van der Waals surface area contributed by atoms with Crippen molar-refractivity contribution in [3.8, 4) is 11.6 Å². The summed E-state index contributed by atoms with van der Waals surface area (Å²) in [7, 11) is 0. The molecule has 82 valence electrons. The van der Waals surface area contributed by atoms with E-state index in [1.807, 2.05) is 24.3 Å². The van der Waals surface area contributed by atoms with E-state index in [0.29, 0.717) is 17.4 Å². The zero-order chi connectivity index (χ0) is 11.4. The Kier molecular flexibility index (Phi) is 3.39. The van der Waals surface area contributed by atoms with Crippen molar-refractivity contribution in [1.82, 2.24) is 4.98 Å². The monoisotopic (exact) mass is 234 g/mol. The van der Waals surface area contributed by atoms with E-state index in [1.165, 1.54) is 0 Å². The van der Waals surface area contributed by atoms with E-state index < -0.39 is 0 Å². The molecule has 0 bridgehead atoms. The Hall–Kier alpha value is -1.58. The molecule has 0 spiro atoms. The SMILES string of the molecule is NCc1ccc(Oc2ccc(Cl)cn2)cc1. The third kappa shape index (κ3) is 2.72. The van der Waals surface area contributed by atoms with E-state index in [1.54, 1.807) is 18.3 Å². The molecule has 2 rings (SSSR count). The molecule has 0 aliphatic carbocycles. The molecule has 0 aliphatic rings. The van der Waals surface area contributed by atoms with E-state index in [2.05, 4.69) is 4.98 Å². The molecule has 2 N–H and O–H groups in total. The van der Waals surface area contributed by atoms with Crippen molar-refractivity contribution in [2.24, 2.45) is 5.73 Å². The largest absolute Gasteiger partial charge is 0.439 e. The summed E-state index contributed by atoms with van der Waals surface area (Å²) in [6.07, 6.45) is 1.55. The normalized spacial score (nSPS) is 10.1. The summed E-state index contributed by atoms with van der Waals surface area (Å²) in [5.74, 6) is 1.25. The number of nitrogens with two attached hydrogens (primary N) is 1. The van der Waals surface area contributed by atoms with Gasteiger partial charge in [-0.3, -0.25) is 0 Å². The van der Waals surface area contributed by atoms with Gasteiger partial charge in [-0.25, -0.2) is 4.98 Å². The number of halogens is 1. The molecular weight excluding hydrogens is 224 g/mol. The van der Waals surface area contributed by atoms with Crippen molar-refractivity contribution in [3.05, 3.63) is 53.2 Å². The summed E-state index contributed by atoms with van der Waals surface area (Å²) in [4.78, 5) is 4.04. The second-order valence-corrected chi connectivity index (χ2v) is 3.70. The van der Waals surface area contributed by atoms with Crippen LogP contribution < -0.4 is 10.5 Å². The molecule has 4 heteroatoms. The van der Waals surface area contributed by atoms with Crippen LogP contribution in [0.25, 0.3) is 0 Å². The average Bonchev–Trinajstić information content (AvgIpc) is 2.33. The maximum atomic E-state index is 5.72. The Balaban J connectivity index is 2.11. The standard InChI is InChI=1S/C12H11ClN2O/c13-10-3-6-12(15-8-10)16-11-4-1-9(7-14)2-5-11/h1-6,8H,7,14H2. The smallest absolute Gasteiger partial charge is 0.219 e. The molecule has 1 aromatic heterocycles. The van der Waals surface area contributed by atoms with Crippen LogP contribution in [0.5, 0.6) is 11.6 Å². The van der Waals surface area contributed by atoms with Crippen LogP contribution in [-0.2, 0) is 6.54 Å². The minimum absolute atomic E-state index is 0.518. The van der Waals surface area contributed by atoms with Crippen LogP contribution in [0.3, 0.4) is 0 Å². The first-order valence-electron chi connectivity index (χ1n) is 4.86. The fraction of sp³-hybridized carbons (Fsp3) is 0.0833. The van der Waals surface area contributed by atoms with Gasteiger partial charge in [0.2, 0.25) is 5.88 Å². The summed E-state index contributed by atoms with van der Waals surface area (Å²) in [6, 6.07) is 11.0. The maximum Gasteiger partial charge on any atom is 0.219 e. The highest BCUT2D eigenvalue weighted by molar-refractivity contribution is 6.30. The Labute approximate surface area is 98.8 Å². The highest BCUT2D eigenvalue weighted by Crippen LogP contribution is 2.20. The summed E-state index contributed by atoms with van der Waals surface area (Å²) in [6.45, 7) is 0.527. The third-order valence-corrected chi connectivity index (χ3v) is 2.31. The number of benzene rings is 1. The lowest BCUT2D eigenvalue weighted by molar-refractivity contribution is 0.463. The summed E-state index contributed by atoms with van der Waals surface area (Å²) < 4.78 is 5.52. The molecule has 0 fully saturated rings. The molecule has 0 saturated carbocycles. The molecule has 0 saturated heterocycles. The van der Waals surface area contributed by atoms with Gasteiger partial charge in [0.25, 0.3) is 0 Å². The first-order chi connectivity index (χ1) is 7.78. The van der Waals surface area contributed by atoms with E-state index >= 15 is 0 Å². The molecule has 0 amide bonds. The van der Waals surface area contributed by atoms with Crippen molar-refractivity contribution < 1.29 is 4.74 Å². The lowest BCUT2D eigenvalue weighted by atomic mass is 10.2. The number of hydrogen-bond acceptors (Lipinski definition) is 3. The van der Waals surface area contributed by atoms with Crippen molar-refractivity contribution in [3.63, 3.8) is 0 Å². The molecule has 0 atom stereocenters. The number of hydrogen-bond donors (Lipinski definition) is 1. The van der Waals surface area contributed by atoms with Crippen LogP contribution >= 0.6 is 11.6 Å². The minimum Gasteiger partial charge on any atom is -0.439 e. The topological polar surface area (TPSA) is 48.1 Å². The Morgan fingerprint density at radius 2 is 1.88 bits per heavy atom. The van der Waals surface area contributed by atoms with E-state index in [0.717, 1.165) is 11.3 Å². The molecule has 16 heavy (non-hydrogen) atoms. The fourth-order valence-corrected chi connectivity index (χ4v) is 1.35. The predicted octanol–water partition coefficient (Wildman–Crippen LogP) is 2.99.